The van der Waals surface area contributed by atoms with Crippen LogP contribution in [0, 0.1) is 5.92 Å². The summed E-state index contributed by atoms with van der Waals surface area (Å²) in [5.74, 6) is 0.562. The maximum atomic E-state index is 12.6. The molecule has 0 spiro atoms. The predicted molar refractivity (Wildman–Crippen MR) is 93.3 cm³/mol. The van der Waals surface area contributed by atoms with Gasteiger partial charge < -0.3 is 10.2 Å². The highest BCUT2D eigenvalue weighted by Gasteiger charge is 2.22. The van der Waals surface area contributed by atoms with Crippen LogP contribution >= 0.6 is 11.6 Å². The largest absolute Gasteiger partial charge is 0.355 e. The molecule has 1 aliphatic heterocycles. The maximum absolute atomic E-state index is 12.6. The van der Waals surface area contributed by atoms with Crippen LogP contribution < -0.4 is 5.32 Å². The third-order valence-electron chi connectivity index (χ3n) is 4.04. The molecular weight excluding hydrogens is 310 g/mol. The van der Waals surface area contributed by atoms with Gasteiger partial charge in [0, 0.05) is 35.7 Å². The van der Waals surface area contributed by atoms with Crippen molar-refractivity contribution < 1.29 is 4.79 Å². The SMILES string of the molecule is CC1CCCN(C(=O)c2cc(Nc3cccc(Cl)c3)ccn2)C1. The molecule has 0 saturated carbocycles. The number of amides is 1. The number of benzene rings is 1. The number of likely N-dealkylation sites (tertiary alicyclic amines) is 1. The Labute approximate surface area is 141 Å². The topological polar surface area (TPSA) is 45.2 Å². The van der Waals surface area contributed by atoms with Gasteiger partial charge in [-0.25, -0.2) is 0 Å². The Balaban J connectivity index is 1.75. The van der Waals surface area contributed by atoms with Crippen molar-refractivity contribution >= 4 is 28.9 Å². The molecule has 0 radical (unpaired) electrons. The van der Waals surface area contributed by atoms with Crippen molar-refractivity contribution in [1.82, 2.24) is 9.88 Å². The van der Waals surface area contributed by atoms with Gasteiger partial charge >= 0.3 is 0 Å². The molecule has 23 heavy (non-hydrogen) atoms. The fourth-order valence-corrected chi connectivity index (χ4v) is 3.08. The maximum Gasteiger partial charge on any atom is 0.272 e. The van der Waals surface area contributed by atoms with Crippen LogP contribution in [0.2, 0.25) is 5.02 Å². The zero-order valence-corrected chi connectivity index (χ0v) is 13.9. The predicted octanol–water partition coefficient (Wildman–Crippen LogP) is 4.35. The smallest absolute Gasteiger partial charge is 0.272 e. The lowest BCUT2D eigenvalue weighted by molar-refractivity contribution is 0.0677. The summed E-state index contributed by atoms with van der Waals surface area (Å²) in [5, 5.41) is 3.93. The molecule has 2 aromatic rings. The van der Waals surface area contributed by atoms with Crippen LogP contribution in [0.1, 0.15) is 30.3 Å². The van der Waals surface area contributed by atoms with Crippen molar-refractivity contribution in [3.8, 4) is 0 Å². The number of rotatable bonds is 3. The highest BCUT2D eigenvalue weighted by atomic mass is 35.5. The molecule has 120 valence electrons. The van der Waals surface area contributed by atoms with Gasteiger partial charge in [0.15, 0.2) is 0 Å². The van der Waals surface area contributed by atoms with E-state index in [4.69, 9.17) is 11.6 Å². The van der Waals surface area contributed by atoms with E-state index in [1.807, 2.05) is 35.2 Å². The lowest BCUT2D eigenvalue weighted by Crippen LogP contribution is -2.39. The van der Waals surface area contributed by atoms with E-state index in [9.17, 15) is 4.79 Å². The summed E-state index contributed by atoms with van der Waals surface area (Å²) in [6.07, 6.45) is 3.91. The number of carbonyl (C=O) groups excluding carboxylic acids is 1. The Morgan fingerprint density at radius 3 is 2.91 bits per heavy atom. The van der Waals surface area contributed by atoms with E-state index in [1.165, 1.54) is 6.42 Å². The number of halogens is 1. The van der Waals surface area contributed by atoms with Gasteiger partial charge in [0.25, 0.3) is 5.91 Å². The second-order valence-electron chi connectivity index (χ2n) is 6.06. The van der Waals surface area contributed by atoms with Crippen LogP contribution in [0.3, 0.4) is 0 Å². The van der Waals surface area contributed by atoms with Gasteiger partial charge in [0.1, 0.15) is 5.69 Å². The van der Waals surface area contributed by atoms with Gasteiger partial charge in [-0.2, -0.15) is 0 Å². The van der Waals surface area contributed by atoms with Crippen molar-refractivity contribution in [1.29, 1.82) is 0 Å². The molecule has 1 aromatic carbocycles. The minimum absolute atomic E-state index is 0.00583. The van der Waals surface area contributed by atoms with Crippen LogP contribution in [-0.2, 0) is 0 Å². The van der Waals surface area contributed by atoms with Crippen molar-refractivity contribution in [2.75, 3.05) is 18.4 Å². The number of hydrogen-bond acceptors (Lipinski definition) is 3. The zero-order valence-electron chi connectivity index (χ0n) is 13.1. The standard InChI is InChI=1S/C18H20ClN3O/c1-13-4-3-9-22(12-13)18(23)17-11-16(7-8-20-17)21-15-6-2-5-14(19)10-15/h2,5-8,10-11,13H,3-4,9,12H2,1H3,(H,20,21). The van der Waals surface area contributed by atoms with Gasteiger partial charge in [-0.05, 0) is 49.1 Å². The molecule has 1 atom stereocenters. The molecule has 1 aliphatic rings. The van der Waals surface area contributed by atoms with Crippen molar-refractivity contribution in [2.45, 2.75) is 19.8 Å². The minimum Gasteiger partial charge on any atom is -0.355 e. The first-order valence-corrected chi connectivity index (χ1v) is 8.27. The molecular formula is C18H20ClN3O. The van der Waals surface area contributed by atoms with E-state index in [2.05, 4.69) is 17.2 Å². The first-order chi connectivity index (χ1) is 11.1. The molecule has 1 fully saturated rings. The molecule has 1 saturated heterocycles. The Morgan fingerprint density at radius 2 is 2.13 bits per heavy atom. The van der Waals surface area contributed by atoms with Crippen LogP contribution in [0.4, 0.5) is 11.4 Å². The van der Waals surface area contributed by atoms with E-state index in [0.717, 1.165) is 30.9 Å². The first kappa shape index (κ1) is 15.8. The van der Waals surface area contributed by atoms with E-state index in [1.54, 1.807) is 12.3 Å². The molecule has 4 nitrogen and oxygen atoms in total. The van der Waals surface area contributed by atoms with E-state index in [0.29, 0.717) is 16.6 Å². The van der Waals surface area contributed by atoms with Gasteiger partial charge in [-0.15, -0.1) is 0 Å². The quantitative estimate of drug-likeness (QED) is 0.910. The Bertz CT molecular complexity index is 704. The van der Waals surface area contributed by atoms with Gasteiger partial charge in [0.2, 0.25) is 0 Å². The van der Waals surface area contributed by atoms with E-state index < -0.39 is 0 Å². The van der Waals surface area contributed by atoms with Crippen molar-refractivity contribution in [2.24, 2.45) is 5.92 Å². The van der Waals surface area contributed by atoms with Gasteiger partial charge in [-0.1, -0.05) is 24.6 Å². The number of nitrogens with zero attached hydrogens (tertiary/aromatic N) is 2. The Kier molecular flexibility index (Phi) is 4.82. The fourth-order valence-electron chi connectivity index (χ4n) is 2.89. The summed E-state index contributed by atoms with van der Waals surface area (Å²) in [6, 6.07) is 11.1. The molecule has 1 aromatic heterocycles. The first-order valence-electron chi connectivity index (χ1n) is 7.90. The van der Waals surface area contributed by atoms with Crippen molar-refractivity contribution in [3.63, 3.8) is 0 Å². The number of nitrogens with one attached hydrogen (secondary N) is 1. The molecule has 3 rings (SSSR count). The lowest BCUT2D eigenvalue weighted by Gasteiger charge is -2.30. The number of hydrogen-bond donors (Lipinski definition) is 1. The fraction of sp³-hybridized carbons (Fsp3) is 0.333. The minimum atomic E-state index is 0.00583. The number of anilines is 2. The van der Waals surface area contributed by atoms with E-state index >= 15 is 0 Å². The second-order valence-corrected chi connectivity index (χ2v) is 6.50. The average Bonchev–Trinajstić information content (AvgIpc) is 2.54. The molecule has 1 amide bonds. The molecule has 0 bridgehead atoms. The monoisotopic (exact) mass is 329 g/mol. The van der Waals surface area contributed by atoms with Crippen LogP contribution in [-0.4, -0.2) is 28.9 Å². The summed E-state index contributed by atoms with van der Waals surface area (Å²) < 4.78 is 0. The van der Waals surface area contributed by atoms with Crippen LogP contribution in [0.25, 0.3) is 0 Å². The summed E-state index contributed by atoms with van der Waals surface area (Å²) >= 11 is 5.99. The summed E-state index contributed by atoms with van der Waals surface area (Å²) in [6.45, 7) is 3.81. The zero-order chi connectivity index (χ0) is 16.2. The number of aromatic nitrogens is 1. The van der Waals surface area contributed by atoms with Crippen LogP contribution in [0.5, 0.6) is 0 Å². The third-order valence-corrected chi connectivity index (χ3v) is 4.27. The highest BCUT2D eigenvalue weighted by molar-refractivity contribution is 6.30. The molecule has 5 heteroatoms. The molecule has 0 aliphatic carbocycles. The average molecular weight is 330 g/mol. The Morgan fingerprint density at radius 1 is 1.30 bits per heavy atom. The Hall–Kier alpha value is -2.07. The number of piperidine rings is 1. The summed E-state index contributed by atoms with van der Waals surface area (Å²) in [4.78, 5) is 18.8. The lowest BCUT2D eigenvalue weighted by atomic mass is 10.00. The van der Waals surface area contributed by atoms with Gasteiger partial charge in [-0.3, -0.25) is 9.78 Å². The van der Waals surface area contributed by atoms with Crippen LogP contribution in [0.15, 0.2) is 42.6 Å². The van der Waals surface area contributed by atoms with E-state index in [-0.39, 0.29) is 5.91 Å². The van der Waals surface area contributed by atoms with Crippen molar-refractivity contribution in [3.05, 3.63) is 53.3 Å². The second kappa shape index (κ2) is 7.01. The summed E-state index contributed by atoms with van der Waals surface area (Å²) in [7, 11) is 0. The number of pyridine rings is 1. The molecule has 2 heterocycles. The summed E-state index contributed by atoms with van der Waals surface area (Å²) in [5.41, 5.74) is 2.19. The normalized spacial score (nSPS) is 17.8. The third kappa shape index (κ3) is 4.02. The molecule has 1 unspecified atom stereocenters. The van der Waals surface area contributed by atoms with Gasteiger partial charge in [0.05, 0.1) is 0 Å². The highest BCUT2D eigenvalue weighted by Crippen LogP contribution is 2.22. The molecule has 1 N–H and O–H groups in total. The number of carbonyl (C=O) groups is 1.